The molecule has 0 aliphatic heterocycles. The lowest BCUT2D eigenvalue weighted by atomic mass is 10.0. The molecule has 0 unspecified atom stereocenters. The maximum absolute atomic E-state index is 12.7. The predicted molar refractivity (Wildman–Crippen MR) is 111 cm³/mol. The maximum Gasteiger partial charge on any atom is 0.339 e. The number of thiophene rings is 2. The van der Waals surface area contributed by atoms with Gasteiger partial charge in [0.05, 0.1) is 0 Å². The average Bonchev–Trinajstić information content (AvgIpc) is 3.28. The molecule has 4 rings (SSSR count). The lowest BCUT2D eigenvalue weighted by Gasteiger charge is -2.07. The first kappa shape index (κ1) is 17.5. The van der Waals surface area contributed by atoms with Crippen LogP contribution in [-0.4, -0.2) is 17.0 Å². The van der Waals surface area contributed by atoms with Crippen molar-refractivity contribution in [2.75, 3.05) is 5.32 Å². The van der Waals surface area contributed by atoms with Crippen LogP contribution in [0.25, 0.3) is 21.2 Å². The predicted octanol–water partition coefficient (Wildman–Crippen LogP) is 5.89. The van der Waals surface area contributed by atoms with E-state index in [4.69, 9.17) is 0 Å². The van der Waals surface area contributed by atoms with Crippen molar-refractivity contribution >= 4 is 49.6 Å². The third-order valence-corrected chi connectivity index (χ3v) is 6.10. The van der Waals surface area contributed by atoms with Crippen LogP contribution in [0.1, 0.15) is 26.3 Å². The third-order valence-electron chi connectivity index (χ3n) is 4.31. The fraction of sp³-hybridized carbons (Fsp3) is 0.0476. The van der Waals surface area contributed by atoms with E-state index in [0.717, 1.165) is 21.2 Å². The first-order valence-corrected chi connectivity index (χ1v) is 9.99. The van der Waals surface area contributed by atoms with Crippen LogP contribution in [0.4, 0.5) is 5.00 Å². The Labute approximate surface area is 163 Å². The van der Waals surface area contributed by atoms with E-state index < -0.39 is 5.97 Å². The van der Waals surface area contributed by atoms with Crippen molar-refractivity contribution in [2.45, 2.75) is 6.92 Å². The molecule has 0 saturated heterocycles. The zero-order valence-electron chi connectivity index (χ0n) is 14.4. The summed E-state index contributed by atoms with van der Waals surface area (Å²) in [4.78, 5) is 24.5. The van der Waals surface area contributed by atoms with Crippen LogP contribution in [0.15, 0.2) is 59.3 Å². The average molecular weight is 393 g/mol. The number of nitrogens with one attached hydrogen (secondary N) is 1. The van der Waals surface area contributed by atoms with Gasteiger partial charge in [0.1, 0.15) is 10.6 Å². The van der Waals surface area contributed by atoms with E-state index in [0.29, 0.717) is 16.1 Å². The highest BCUT2D eigenvalue weighted by Gasteiger charge is 2.21. The van der Waals surface area contributed by atoms with Crippen molar-refractivity contribution in [3.63, 3.8) is 0 Å². The summed E-state index contributed by atoms with van der Waals surface area (Å²) in [6.07, 6.45) is 0. The fourth-order valence-electron chi connectivity index (χ4n) is 2.89. The lowest BCUT2D eigenvalue weighted by Crippen LogP contribution is -2.13. The standard InChI is InChI=1S/C21H15NO3S2/c1-12-2-4-13(5-3-12)16-11-27-20(18(16)21(24)25)22-19(23)15-6-7-17-14(10-15)8-9-26-17/h2-11H,1H3,(H,22,23)(H,24,25). The molecule has 2 aromatic carbocycles. The summed E-state index contributed by atoms with van der Waals surface area (Å²) < 4.78 is 1.11. The normalized spacial score (nSPS) is 10.9. The molecule has 6 heteroatoms. The minimum Gasteiger partial charge on any atom is -0.478 e. The van der Waals surface area contributed by atoms with Crippen molar-refractivity contribution < 1.29 is 14.7 Å². The van der Waals surface area contributed by atoms with E-state index in [9.17, 15) is 14.7 Å². The zero-order valence-corrected chi connectivity index (χ0v) is 16.0. The van der Waals surface area contributed by atoms with Crippen LogP contribution in [0, 0.1) is 6.92 Å². The van der Waals surface area contributed by atoms with Crippen molar-refractivity contribution in [3.8, 4) is 11.1 Å². The van der Waals surface area contributed by atoms with E-state index in [-0.39, 0.29) is 11.5 Å². The number of hydrogen-bond acceptors (Lipinski definition) is 4. The molecule has 0 fully saturated rings. The lowest BCUT2D eigenvalue weighted by molar-refractivity contribution is 0.0699. The molecule has 2 aromatic heterocycles. The molecule has 0 radical (unpaired) electrons. The second-order valence-corrected chi connectivity index (χ2v) is 7.98. The van der Waals surface area contributed by atoms with Crippen LogP contribution < -0.4 is 5.32 Å². The van der Waals surface area contributed by atoms with Crippen LogP contribution in [0.3, 0.4) is 0 Å². The van der Waals surface area contributed by atoms with Crippen molar-refractivity contribution in [1.82, 2.24) is 0 Å². The third kappa shape index (κ3) is 3.37. The molecule has 1 amide bonds. The Hall–Kier alpha value is -2.96. The Bertz CT molecular complexity index is 1160. The van der Waals surface area contributed by atoms with Gasteiger partial charge in [-0.2, -0.15) is 0 Å². The van der Waals surface area contributed by atoms with Gasteiger partial charge in [0.25, 0.3) is 5.91 Å². The summed E-state index contributed by atoms with van der Waals surface area (Å²) in [7, 11) is 0. The maximum atomic E-state index is 12.7. The van der Waals surface area contributed by atoms with E-state index in [1.54, 1.807) is 22.8 Å². The second kappa shape index (κ2) is 6.98. The minimum absolute atomic E-state index is 0.119. The van der Waals surface area contributed by atoms with Gasteiger partial charge in [0.2, 0.25) is 0 Å². The smallest absolute Gasteiger partial charge is 0.339 e. The highest BCUT2D eigenvalue weighted by Crippen LogP contribution is 2.36. The van der Waals surface area contributed by atoms with Crippen molar-refractivity contribution in [3.05, 3.63) is 76.0 Å². The van der Waals surface area contributed by atoms with Crippen LogP contribution in [-0.2, 0) is 0 Å². The molecular formula is C21H15NO3S2. The van der Waals surface area contributed by atoms with Gasteiger partial charge in [-0.05, 0) is 47.5 Å². The molecular weight excluding hydrogens is 378 g/mol. The Morgan fingerprint density at radius 1 is 1.00 bits per heavy atom. The number of carbonyl (C=O) groups is 2. The second-order valence-electron chi connectivity index (χ2n) is 6.15. The van der Waals surface area contributed by atoms with E-state index in [1.807, 2.05) is 54.8 Å². The van der Waals surface area contributed by atoms with Gasteiger partial charge in [0, 0.05) is 21.2 Å². The van der Waals surface area contributed by atoms with E-state index >= 15 is 0 Å². The monoisotopic (exact) mass is 393 g/mol. The molecule has 27 heavy (non-hydrogen) atoms. The van der Waals surface area contributed by atoms with Gasteiger partial charge >= 0.3 is 5.97 Å². The van der Waals surface area contributed by atoms with Gasteiger partial charge in [-0.1, -0.05) is 29.8 Å². The number of amides is 1. The van der Waals surface area contributed by atoms with Gasteiger partial charge < -0.3 is 10.4 Å². The molecule has 0 saturated carbocycles. The van der Waals surface area contributed by atoms with Gasteiger partial charge in [-0.25, -0.2) is 4.79 Å². The number of benzene rings is 2. The fourth-order valence-corrected chi connectivity index (χ4v) is 4.62. The molecule has 0 aliphatic rings. The van der Waals surface area contributed by atoms with Crippen LogP contribution >= 0.6 is 22.7 Å². The number of anilines is 1. The van der Waals surface area contributed by atoms with Crippen LogP contribution in [0.2, 0.25) is 0 Å². The minimum atomic E-state index is -1.06. The molecule has 0 spiro atoms. The Morgan fingerprint density at radius 2 is 1.78 bits per heavy atom. The van der Waals surface area contributed by atoms with Gasteiger partial charge in [-0.15, -0.1) is 22.7 Å². The van der Waals surface area contributed by atoms with E-state index in [2.05, 4.69) is 5.32 Å². The molecule has 2 heterocycles. The molecule has 4 nitrogen and oxygen atoms in total. The number of carboxylic acids is 1. The topological polar surface area (TPSA) is 66.4 Å². The largest absolute Gasteiger partial charge is 0.478 e. The highest BCUT2D eigenvalue weighted by molar-refractivity contribution is 7.17. The van der Waals surface area contributed by atoms with Gasteiger partial charge in [-0.3, -0.25) is 4.79 Å². The summed E-state index contributed by atoms with van der Waals surface area (Å²) in [5.41, 5.74) is 3.14. The number of aryl methyl sites for hydroxylation is 1. The molecule has 4 aromatic rings. The molecule has 0 atom stereocenters. The van der Waals surface area contributed by atoms with Crippen molar-refractivity contribution in [1.29, 1.82) is 0 Å². The summed E-state index contributed by atoms with van der Waals surface area (Å²) in [5, 5.41) is 17.6. The Morgan fingerprint density at radius 3 is 2.52 bits per heavy atom. The molecule has 0 bridgehead atoms. The van der Waals surface area contributed by atoms with Gasteiger partial charge in [0.15, 0.2) is 0 Å². The summed E-state index contributed by atoms with van der Waals surface area (Å²) in [5.74, 6) is -1.38. The number of carbonyl (C=O) groups excluding carboxylic acids is 1. The quantitative estimate of drug-likeness (QED) is 0.454. The molecule has 2 N–H and O–H groups in total. The summed E-state index contributed by atoms with van der Waals surface area (Å²) >= 11 is 2.83. The van der Waals surface area contributed by atoms with E-state index in [1.165, 1.54) is 11.3 Å². The number of hydrogen-bond donors (Lipinski definition) is 2. The number of carboxylic acid groups (broad SMARTS) is 1. The molecule has 0 aliphatic carbocycles. The highest BCUT2D eigenvalue weighted by atomic mass is 32.1. The Balaban J connectivity index is 1.68. The summed E-state index contributed by atoms with van der Waals surface area (Å²) in [6, 6.07) is 15.1. The number of fused-ring (bicyclic) bond motifs is 1. The molecule has 134 valence electrons. The van der Waals surface area contributed by atoms with Crippen LogP contribution in [0.5, 0.6) is 0 Å². The SMILES string of the molecule is Cc1ccc(-c2csc(NC(=O)c3ccc4sccc4c3)c2C(=O)O)cc1. The first-order chi connectivity index (χ1) is 13.0. The Kier molecular flexibility index (Phi) is 4.51. The number of aromatic carboxylic acids is 1. The van der Waals surface area contributed by atoms with Crippen molar-refractivity contribution in [2.24, 2.45) is 0 Å². The summed E-state index contributed by atoms with van der Waals surface area (Å²) in [6.45, 7) is 1.98. The number of rotatable bonds is 4. The zero-order chi connectivity index (χ0) is 19.0. The first-order valence-electron chi connectivity index (χ1n) is 8.23.